The third kappa shape index (κ3) is 4.63. The number of furan rings is 1. The number of carbonyl (C=O) groups is 1. The molecule has 0 bridgehead atoms. The SMILES string of the molecule is CCCN(Cc1ccco1)C(=O)NCc1ccnc(C)c1. The topological polar surface area (TPSA) is 58.4 Å². The molecule has 0 atom stereocenters. The van der Waals surface area contributed by atoms with Gasteiger partial charge in [0, 0.05) is 25.0 Å². The minimum atomic E-state index is -0.0808. The van der Waals surface area contributed by atoms with Crippen LogP contribution in [0.5, 0.6) is 0 Å². The van der Waals surface area contributed by atoms with Gasteiger partial charge in [0.2, 0.25) is 0 Å². The molecule has 0 saturated heterocycles. The molecule has 5 nitrogen and oxygen atoms in total. The van der Waals surface area contributed by atoms with Crippen LogP contribution in [0.3, 0.4) is 0 Å². The Hall–Kier alpha value is -2.30. The second-order valence-electron chi connectivity index (χ2n) is 4.97. The number of hydrogen-bond acceptors (Lipinski definition) is 3. The molecule has 0 radical (unpaired) electrons. The highest BCUT2D eigenvalue weighted by Crippen LogP contribution is 2.07. The molecule has 5 heteroatoms. The lowest BCUT2D eigenvalue weighted by Gasteiger charge is -2.21. The summed E-state index contributed by atoms with van der Waals surface area (Å²) in [5.74, 6) is 0.790. The van der Waals surface area contributed by atoms with Crippen molar-refractivity contribution in [1.82, 2.24) is 15.2 Å². The van der Waals surface area contributed by atoms with Crippen LogP contribution < -0.4 is 5.32 Å². The second-order valence-corrected chi connectivity index (χ2v) is 4.97. The van der Waals surface area contributed by atoms with Gasteiger partial charge in [0.15, 0.2) is 0 Å². The molecule has 112 valence electrons. The van der Waals surface area contributed by atoms with Crippen LogP contribution in [0.2, 0.25) is 0 Å². The van der Waals surface area contributed by atoms with Gasteiger partial charge in [-0.3, -0.25) is 4.98 Å². The van der Waals surface area contributed by atoms with Gasteiger partial charge in [-0.1, -0.05) is 6.92 Å². The average molecular weight is 287 g/mol. The van der Waals surface area contributed by atoms with Crippen LogP contribution in [-0.4, -0.2) is 22.5 Å². The Bertz CT molecular complexity index is 567. The van der Waals surface area contributed by atoms with E-state index in [9.17, 15) is 4.79 Å². The summed E-state index contributed by atoms with van der Waals surface area (Å²) >= 11 is 0. The van der Waals surface area contributed by atoms with Crippen LogP contribution in [0.1, 0.15) is 30.4 Å². The monoisotopic (exact) mass is 287 g/mol. The Morgan fingerprint density at radius 2 is 2.29 bits per heavy atom. The first-order valence-corrected chi connectivity index (χ1v) is 7.15. The van der Waals surface area contributed by atoms with E-state index >= 15 is 0 Å². The fourth-order valence-corrected chi connectivity index (χ4v) is 2.12. The Kier molecular flexibility index (Phi) is 5.37. The first-order valence-electron chi connectivity index (χ1n) is 7.15. The number of amides is 2. The quantitative estimate of drug-likeness (QED) is 0.888. The lowest BCUT2D eigenvalue weighted by molar-refractivity contribution is 0.190. The third-order valence-electron chi connectivity index (χ3n) is 3.11. The van der Waals surface area contributed by atoms with Crippen LogP contribution in [-0.2, 0) is 13.1 Å². The van der Waals surface area contributed by atoms with Gasteiger partial charge in [-0.05, 0) is 43.2 Å². The molecule has 0 fully saturated rings. The molecule has 0 aliphatic heterocycles. The molecule has 2 rings (SSSR count). The van der Waals surface area contributed by atoms with Crippen molar-refractivity contribution < 1.29 is 9.21 Å². The predicted molar refractivity (Wildman–Crippen MR) is 80.6 cm³/mol. The fourth-order valence-electron chi connectivity index (χ4n) is 2.12. The molecular weight excluding hydrogens is 266 g/mol. The number of pyridine rings is 1. The van der Waals surface area contributed by atoms with Crippen molar-refractivity contribution in [2.75, 3.05) is 6.54 Å². The van der Waals surface area contributed by atoms with E-state index in [-0.39, 0.29) is 6.03 Å². The summed E-state index contributed by atoms with van der Waals surface area (Å²) in [5.41, 5.74) is 1.99. The van der Waals surface area contributed by atoms with E-state index in [1.165, 1.54) is 0 Å². The van der Waals surface area contributed by atoms with Gasteiger partial charge in [0.05, 0.1) is 12.8 Å². The summed E-state index contributed by atoms with van der Waals surface area (Å²) in [6, 6.07) is 7.50. The van der Waals surface area contributed by atoms with E-state index in [0.29, 0.717) is 19.6 Å². The van der Waals surface area contributed by atoms with E-state index in [0.717, 1.165) is 23.4 Å². The van der Waals surface area contributed by atoms with Crippen LogP contribution in [0.25, 0.3) is 0 Å². The summed E-state index contributed by atoms with van der Waals surface area (Å²) in [5, 5.41) is 2.94. The smallest absolute Gasteiger partial charge is 0.318 e. The summed E-state index contributed by atoms with van der Waals surface area (Å²) in [6.07, 6.45) is 4.28. The molecule has 2 aromatic heterocycles. The molecule has 0 aromatic carbocycles. The number of carbonyl (C=O) groups excluding carboxylic acids is 1. The zero-order valence-corrected chi connectivity index (χ0v) is 12.5. The van der Waals surface area contributed by atoms with Gasteiger partial charge in [-0.15, -0.1) is 0 Å². The highest BCUT2D eigenvalue weighted by molar-refractivity contribution is 5.74. The van der Waals surface area contributed by atoms with E-state index in [1.54, 1.807) is 17.4 Å². The Labute approximate surface area is 125 Å². The van der Waals surface area contributed by atoms with E-state index in [1.807, 2.05) is 31.2 Å². The highest BCUT2D eigenvalue weighted by atomic mass is 16.3. The van der Waals surface area contributed by atoms with Gasteiger partial charge in [0.1, 0.15) is 5.76 Å². The summed E-state index contributed by atoms with van der Waals surface area (Å²) in [6.45, 7) is 5.67. The molecule has 2 aromatic rings. The number of aromatic nitrogens is 1. The minimum absolute atomic E-state index is 0.0808. The maximum absolute atomic E-state index is 12.3. The Morgan fingerprint density at radius 1 is 1.43 bits per heavy atom. The van der Waals surface area contributed by atoms with Crippen molar-refractivity contribution in [1.29, 1.82) is 0 Å². The minimum Gasteiger partial charge on any atom is -0.467 e. The predicted octanol–water partition coefficient (Wildman–Crippen LogP) is 3.10. The van der Waals surface area contributed by atoms with Crippen LogP contribution in [0, 0.1) is 6.92 Å². The van der Waals surface area contributed by atoms with E-state index in [4.69, 9.17) is 4.42 Å². The van der Waals surface area contributed by atoms with Crippen molar-refractivity contribution in [2.24, 2.45) is 0 Å². The Morgan fingerprint density at radius 3 is 2.95 bits per heavy atom. The van der Waals surface area contributed by atoms with Crippen LogP contribution in [0.15, 0.2) is 41.1 Å². The zero-order chi connectivity index (χ0) is 15.1. The second kappa shape index (κ2) is 7.47. The number of hydrogen-bond donors (Lipinski definition) is 1. The highest BCUT2D eigenvalue weighted by Gasteiger charge is 2.14. The Balaban J connectivity index is 1.92. The van der Waals surface area contributed by atoms with E-state index < -0.39 is 0 Å². The maximum Gasteiger partial charge on any atom is 0.318 e. The van der Waals surface area contributed by atoms with Gasteiger partial charge in [-0.25, -0.2) is 4.79 Å². The van der Waals surface area contributed by atoms with Gasteiger partial charge < -0.3 is 14.6 Å². The first-order chi connectivity index (χ1) is 10.2. The number of nitrogens with zero attached hydrogens (tertiary/aromatic N) is 2. The lowest BCUT2D eigenvalue weighted by atomic mass is 10.2. The molecule has 0 saturated carbocycles. The van der Waals surface area contributed by atoms with E-state index in [2.05, 4.69) is 17.2 Å². The number of urea groups is 1. The molecule has 0 spiro atoms. The van der Waals surface area contributed by atoms with Crippen LogP contribution in [0.4, 0.5) is 4.79 Å². The molecular formula is C16H21N3O2. The van der Waals surface area contributed by atoms with Gasteiger partial charge in [-0.2, -0.15) is 0 Å². The first kappa shape index (κ1) is 15.1. The van der Waals surface area contributed by atoms with Crippen molar-refractivity contribution in [3.63, 3.8) is 0 Å². The summed E-state index contributed by atoms with van der Waals surface area (Å²) in [7, 11) is 0. The van der Waals surface area contributed by atoms with Crippen molar-refractivity contribution in [2.45, 2.75) is 33.4 Å². The largest absolute Gasteiger partial charge is 0.467 e. The maximum atomic E-state index is 12.3. The molecule has 2 amide bonds. The summed E-state index contributed by atoms with van der Waals surface area (Å²) in [4.78, 5) is 18.2. The molecule has 0 aliphatic rings. The molecule has 2 heterocycles. The molecule has 21 heavy (non-hydrogen) atoms. The number of nitrogens with one attached hydrogen (secondary N) is 1. The van der Waals surface area contributed by atoms with Gasteiger partial charge in [0.25, 0.3) is 0 Å². The third-order valence-corrected chi connectivity index (χ3v) is 3.11. The fraction of sp³-hybridized carbons (Fsp3) is 0.375. The lowest BCUT2D eigenvalue weighted by Crippen LogP contribution is -2.39. The molecule has 0 aliphatic carbocycles. The number of rotatable bonds is 6. The molecule has 1 N–H and O–H groups in total. The number of aryl methyl sites for hydroxylation is 1. The standard InChI is InChI=1S/C16H21N3O2/c1-3-8-19(12-15-5-4-9-21-15)16(20)18-11-14-6-7-17-13(2)10-14/h4-7,9-10H,3,8,11-12H2,1-2H3,(H,18,20). The van der Waals surface area contributed by atoms with Gasteiger partial charge >= 0.3 is 6.03 Å². The summed E-state index contributed by atoms with van der Waals surface area (Å²) < 4.78 is 5.31. The van der Waals surface area contributed by atoms with Crippen LogP contribution >= 0.6 is 0 Å². The zero-order valence-electron chi connectivity index (χ0n) is 12.5. The normalized spacial score (nSPS) is 10.4. The molecule has 0 unspecified atom stereocenters. The van der Waals surface area contributed by atoms with Crippen molar-refractivity contribution in [3.05, 3.63) is 53.7 Å². The average Bonchev–Trinajstić information content (AvgIpc) is 2.97. The van der Waals surface area contributed by atoms with Crippen molar-refractivity contribution in [3.8, 4) is 0 Å². The van der Waals surface area contributed by atoms with Crippen molar-refractivity contribution >= 4 is 6.03 Å².